The molecule has 0 heterocycles. The van der Waals surface area contributed by atoms with E-state index in [0.717, 1.165) is 0 Å². The highest BCUT2D eigenvalue weighted by molar-refractivity contribution is 5.88. The summed E-state index contributed by atoms with van der Waals surface area (Å²) >= 11 is 0. The third-order valence-electron chi connectivity index (χ3n) is 0.691. The Morgan fingerprint density at radius 2 is 2.00 bits per heavy atom. The van der Waals surface area contributed by atoms with Gasteiger partial charge in [-0.25, -0.2) is 4.79 Å². The summed E-state index contributed by atoms with van der Waals surface area (Å²) in [6.45, 7) is 5.54. The van der Waals surface area contributed by atoms with Gasteiger partial charge in [0.25, 0.3) is 0 Å². The van der Waals surface area contributed by atoms with Gasteiger partial charge in [0.1, 0.15) is 5.60 Å². The largest absolute Gasteiger partial charge is 0.450 e. The van der Waals surface area contributed by atoms with Crippen LogP contribution >= 0.6 is 12.4 Å². The van der Waals surface area contributed by atoms with Gasteiger partial charge < -0.3 is 10.5 Å². The number of carbonyl (C=O) groups excluding carboxylic acids is 1. The Morgan fingerprint density at radius 3 is 2.33 bits per heavy atom. The molecular formula is C8H14ClNO2. The SMILES string of the molecule is CC(C)(C)OC(=O)C#CCN.Cl. The van der Waals surface area contributed by atoms with Gasteiger partial charge in [-0.2, -0.15) is 0 Å². The normalized spacial score (nSPS) is 9.00. The first-order valence-electron chi connectivity index (χ1n) is 3.37. The number of halogens is 1. The number of hydrogen-bond donors (Lipinski definition) is 1. The number of rotatable bonds is 0. The van der Waals surface area contributed by atoms with Crippen molar-refractivity contribution in [2.75, 3.05) is 6.54 Å². The van der Waals surface area contributed by atoms with E-state index in [0.29, 0.717) is 0 Å². The van der Waals surface area contributed by atoms with E-state index in [1.807, 2.05) is 0 Å². The van der Waals surface area contributed by atoms with Crippen LogP contribution in [0.5, 0.6) is 0 Å². The number of carbonyl (C=O) groups is 1. The predicted molar refractivity (Wildman–Crippen MR) is 49.9 cm³/mol. The van der Waals surface area contributed by atoms with Crippen LogP contribution in [0, 0.1) is 11.8 Å². The average Bonchev–Trinajstić information content (AvgIpc) is 1.79. The molecule has 12 heavy (non-hydrogen) atoms. The van der Waals surface area contributed by atoms with Gasteiger partial charge in [-0.05, 0) is 20.8 Å². The maximum absolute atomic E-state index is 10.8. The molecule has 0 atom stereocenters. The van der Waals surface area contributed by atoms with Gasteiger partial charge in [-0.3, -0.25) is 0 Å². The number of esters is 1. The van der Waals surface area contributed by atoms with Crippen molar-refractivity contribution in [2.24, 2.45) is 5.73 Å². The molecule has 0 saturated carbocycles. The Bertz CT molecular complexity index is 197. The third-order valence-corrected chi connectivity index (χ3v) is 0.691. The van der Waals surface area contributed by atoms with Crippen LogP contribution in [0.1, 0.15) is 20.8 Å². The minimum Gasteiger partial charge on any atom is -0.450 e. The summed E-state index contributed by atoms with van der Waals surface area (Å²) in [5.41, 5.74) is 4.59. The van der Waals surface area contributed by atoms with Crippen LogP contribution in [-0.2, 0) is 9.53 Å². The molecule has 0 unspecified atom stereocenters. The zero-order valence-electron chi connectivity index (χ0n) is 7.51. The third kappa shape index (κ3) is 9.28. The molecule has 0 rings (SSSR count). The molecule has 0 aromatic carbocycles. The Balaban J connectivity index is 0. The Morgan fingerprint density at radius 1 is 1.50 bits per heavy atom. The lowest BCUT2D eigenvalue weighted by molar-refractivity contribution is -0.147. The lowest BCUT2D eigenvalue weighted by Gasteiger charge is -2.16. The highest BCUT2D eigenvalue weighted by Gasteiger charge is 2.13. The summed E-state index contributed by atoms with van der Waals surface area (Å²) in [7, 11) is 0. The van der Waals surface area contributed by atoms with Crippen molar-refractivity contribution < 1.29 is 9.53 Å². The van der Waals surface area contributed by atoms with Crippen molar-refractivity contribution in [3.63, 3.8) is 0 Å². The molecule has 0 amide bonds. The predicted octanol–water partition coefficient (Wildman–Crippen LogP) is 0.712. The molecule has 70 valence electrons. The van der Waals surface area contributed by atoms with Gasteiger partial charge in [-0.15, -0.1) is 12.4 Å². The Hall–Kier alpha value is -0.720. The Labute approximate surface area is 79.1 Å². The van der Waals surface area contributed by atoms with Crippen molar-refractivity contribution in [3.8, 4) is 11.8 Å². The first-order chi connectivity index (χ1) is 4.95. The van der Waals surface area contributed by atoms with Crippen LogP contribution < -0.4 is 5.73 Å². The van der Waals surface area contributed by atoms with Gasteiger partial charge in [0.2, 0.25) is 0 Å². The van der Waals surface area contributed by atoms with Crippen molar-refractivity contribution in [2.45, 2.75) is 26.4 Å². The van der Waals surface area contributed by atoms with E-state index in [2.05, 4.69) is 11.8 Å². The molecule has 0 spiro atoms. The molecule has 0 radical (unpaired) electrons. The quantitative estimate of drug-likeness (QED) is 0.349. The summed E-state index contributed by atoms with van der Waals surface area (Å²) in [4.78, 5) is 10.8. The summed E-state index contributed by atoms with van der Waals surface area (Å²) in [6, 6.07) is 0. The van der Waals surface area contributed by atoms with Crippen molar-refractivity contribution in [1.29, 1.82) is 0 Å². The standard InChI is InChI=1S/C8H13NO2.ClH/c1-8(2,3)11-7(10)5-4-6-9;/h6,9H2,1-3H3;1H. The van der Waals surface area contributed by atoms with Crippen LogP contribution in [0.3, 0.4) is 0 Å². The number of hydrogen-bond acceptors (Lipinski definition) is 3. The van der Waals surface area contributed by atoms with Crippen LogP contribution in [0.4, 0.5) is 0 Å². The lowest BCUT2D eigenvalue weighted by atomic mass is 10.2. The second kappa shape index (κ2) is 5.87. The summed E-state index contributed by atoms with van der Waals surface area (Å²) in [6.07, 6.45) is 0. The average molecular weight is 192 g/mol. The summed E-state index contributed by atoms with van der Waals surface area (Å²) in [5, 5.41) is 0. The minimum atomic E-state index is -0.525. The molecule has 3 nitrogen and oxygen atoms in total. The van der Waals surface area contributed by atoms with E-state index < -0.39 is 11.6 Å². The van der Waals surface area contributed by atoms with Gasteiger partial charge >= 0.3 is 5.97 Å². The summed E-state index contributed by atoms with van der Waals surface area (Å²) in [5.74, 6) is 4.15. The van der Waals surface area contributed by atoms with Gasteiger partial charge in [0, 0.05) is 5.92 Å². The van der Waals surface area contributed by atoms with E-state index in [1.165, 1.54) is 0 Å². The van der Waals surface area contributed by atoms with Crippen molar-refractivity contribution in [3.05, 3.63) is 0 Å². The molecule has 0 aromatic heterocycles. The molecule has 4 heteroatoms. The van der Waals surface area contributed by atoms with E-state index in [1.54, 1.807) is 20.8 Å². The van der Waals surface area contributed by atoms with E-state index in [-0.39, 0.29) is 19.0 Å². The van der Waals surface area contributed by atoms with Crippen molar-refractivity contribution >= 4 is 18.4 Å². The molecular weight excluding hydrogens is 178 g/mol. The highest BCUT2D eigenvalue weighted by Crippen LogP contribution is 2.05. The topological polar surface area (TPSA) is 52.3 Å². The van der Waals surface area contributed by atoms with E-state index in [4.69, 9.17) is 10.5 Å². The lowest BCUT2D eigenvalue weighted by Crippen LogP contribution is -2.22. The maximum atomic E-state index is 10.8. The highest BCUT2D eigenvalue weighted by atomic mass is 35.5. The smallest absolute Gasteiger partial charge is 0.384 e. The fraction of sp³-hybridized carbons (Fsp3) is 0.625. The number of ether oxygens (including phenoxy) is 1. The van der Waals surface area contributed by atoms with E-state index in [9.17, 15) is 4.79 Å². The van der Waals surface area contributed by atoms with Crippen LogP contribution in [0.25, 0.3) is 0 Å². The van der Waals surface area contributed by atoms with Gasteiger partial charge in [0.15, 0.2) is 0 Å². The fourth-order valence-corrected chi connectivity index (χ4v) is 0.427. The second-order valence-corrected chi connectivity index (χ2v) is 3.01. The van der Waals surface area contributed by atoms with Gasteiger partial charge in [0.05, 0.1) is 6.54 Å². The first kappa shape index (κ1) is 13.8. The van der Waals surface area contributed by atoms with Crippen molar-refractivity contribution in [1.82, 2.24) is 0 Å². The second-order valence-electron chi connectivity index (χ2n) is 3.01. The molecule has 0 aliphatic carbocycles. The first-order valence-corrected chi connectivity index (χ1v) is 3.37. The van der Waals surface area contributed by atoms with E-state index >= 15 is 0 Å². The van der Waals surface area contributed by atoms with Crippen LogP contribution in [-0.4, -0.2) is 18.1 Å². The molecule has 0 aromatic rings. The molecule has 2 N–H and O–H groups in total. The molecule has 0 saturated heterocycles. The maximum Gasteiger partial charge on any atom is 0.384 e. The molecule has 0 aliphatic heterocycles. The zero-order chi connectivity index (χ0) is 8.91. The molecule has 0 bridgehead atoms. The molecule has 0 fully saturated rings. The number of nitrogens with two attached hydrogens (primary N) is 1. The zero-order valence-corrected chi connectivity index (χ0v) is 8.33. The molecule has 0 aliphatic rings. The van der Waals surface area contributed by atoms with Crippen LogP contribution in [0.2, 0.25) is 0 Å². The minimum absolute atomic E-state index is 0. The fourth-order valence-electron chi connectivity index (χ4n) is 0.427. The summed E-state index contributed by atoms with van der Waals surface area (Å²) < 4.78 is 4.87. The monoisotopic (exact) mass is 191 g/mol. The van der Waals surface area contributed by atoms with Gasteiger partial charge in [-0.1, -0.05) is 5.92 Å². The Kier molecular flexibility index (Phi) is 6.77. The van der Waals surface area contributed by atoms with Crippen LogP contribution in [0.15, 0.2) is 0 Å².